The average Bonchev–Trinajstić information content (AvgIpc) is 2.20. The minimum atomic E-state index is -0.229. The van der Waals surface area contributed by atoms with E-state index >= 15 is 0 Å². The lowest BCUT2D eigenvalue weighted by Gasteiger charge is -2.05. The van der Waals surface area contributed by atoms with E-state index in [-0.39, 0.29) is 5.82 Å². The summed E-state index contributed by atoms with van der Waals surface area (Å²) in [4.78, 5) is 0. The van der Waals surface area contributed by atoms with E-state index in [1.165, 1.54) is 6.07 Å². The van der Waals surface area contributed by atoms with Crippen LogP contribution in [0.3, 0.4) is 0 Å². The number of hydrogen-bond donors (Lipinski definition) is 0. The van der Waals surface area contributed by atoms with Crippen molar-refractivity contribution in [3.63, 3.8) is 0 Å². The van der Waals surface area contributed by atoms with Crippen LogP contribution >= 0.6 is 15.9 Å². The fourth-order valence-corrected chi connectivity index (χ4v) is 1.48. The van der Waals surface area contributed by atoms with Crippen LogP contribution in [-0.4, -0.2) is 6.61 Å². The predicted octanol–water partition coefficient (Wildman–Crippen LogP) is 4.07. The molecule has 0 amide bonds. The molecule has 0 unspecified atom stereocenters. The van der Waals surface area contributed by atoms with E-state index in [1.807, 2.05) is 12.1 Å². The van der Waals surface area contributed by atoms with Crippen molar-refractivity contribution in [2.45, 2.75) is 19.4 Å². The Bertz CT molecular complexity index is 325. The van der Waals surface area contributed by atoms with Crippen molar-refractivity contribution in [1.29, 1.82) is 0 Å². The maximum atomic E-state index is 13.3. The summed E-state index contributed by atoms with van der Waals surface area (Å²) in [5.41, 5.74) is 0.594. The first-order valence-electron chi connectivity index (χ1n) is 4.86. The summed E-state index contributed by atoms with van der Waals surface area (Å²) in [7, 11) is 0. The van der Waals surface area contributed by atoms with Crippen LogP contribution in [0.5, 0.6) is 0 Å². The van der Waals surface area contributed by atoms with Gasteiger partial charge in [0.1, 0.15) is 5.82 Å². The predicted molar refractivity (Wildman–Crippen MR) is 63.2 cm³/mol. The van der Waals surface area contributed by atoms with Crippen LogP contribution in [0.25, 0.3) is 0 Å². The minimum absolute atomic E-state index is 0.229. The van der Waals surface area contributed by atoms with Gasteiger partial charge in [0.2, 0.25) is 0 Å². The Morgan fingerprint density at radius 3 is 2.93 bits per heavy atom. The lowest BCUT2D eigenvalue weighted by Crippen LogP contribution is -1.97. The quantitative estimate of drug-likeness (QED) is 0.560. The van der Waals surface area contributed by atoms with Gasteiger partial charge in [-0.05, 0) is 25.0 Å². The fraction of sp³-hybridized carbons (Fsp3) is 0.333. The van der Waals surface area contributed by atoms with Gasteiger partial charge in [0, 0.05) is 16.6 Å². The molecule has 0 heterocycles. The zero-order valence-corrected chi connectivity index (χ0v) is 10.1. The normalized spacial score (nSPS) is 10.3. The van der Waals surface area contributed by atoms with Crippen molar-refractivity contribution in [3.05, 3.63) is 46.7 Å². The van der Waals surface area contributed by atoms with E-state index in [4.69, 9.17) is 4.74 Å². The Morgan fingerprint density at radius 2 is 2.27 bits per heavy atom. The highest BCUT2D eigenvalue weighted by atomic mass is 79.9. The average molecular weight is 273 g/mol. The van der Waals surface area contributed by atoms with Gasteiger partial charge in [-0.2, -0.15) is 0 Å². The molecular formula is C12H14BrFO. The second kappa shape index (κ2) is 6.75. The topological polar surface area (TPSA) is 9.23 Å². The SMILES string of the molecule is C=CCCCOCc1ccc(Br)cc1F. The number of ether oxygens (including phenoxy) is 1. The van der Waals surface area contributed by atoms with E-state index in [9.17, 15) is 4.39 Å². The Hall–Kier alpha value is -0.670. The maximum Gasteiger partial charge on any atom is 0.129 e. The number of rotatable bonds is 6. The molecule has 0 aromatic heterocycles. The van der Waals surface area contributed by atoms with Crippen molar-refractivity contribution in [1.82, 2.24) is 0 Å². The molecule has 1 nitrogen and oxygen atoms in total. The highest BCUT2D eigenvalue weighted by Gasteiger charge is 2.02. The molecule has 0 spiro atoms. The number of halogens is 2. The third kappa shape index (κ3) is 4.58. The van der Waals surface area contributed by atoms with Gasteiger partial charge < -0.3 is 4.74 Å². The second-order valence-electron chi connectivity index (χ2n) is 3.22. The molecule has 0 fully saturated rings. The van der Waals surface area contributed by atoms with Gasteiger partial charge in [-0.3, -0.25) is 0 Å². The van der Waals surface area contributed by atoms with Crippen molar-refractivity contribution < 1.29 is 9.13 Å². The summed E-state index contributed by atoms with van der Waals surface area (Å²) in [6.45, 7) is 4.59. The third-order valence-corrected chi connectivity index (χ3v) is 2.46. The van der Waals surface area contributed by atoms with Crippen molar-refractivity contribution in [3.8, 4) is 0 Å². The minimum Gasteiger partial charge on any atom is -0.377 e. The van der Waals surface area contributed by atoms with Gasteiger partial charge in [-0.1, -0.05) is 28.1 Å². The molecule has 1 aromatic rings. The van der Waals surface area contributed by atoms with E-state index in [0.717, 1.165) is 17.3 Å². The Kier molecular flexibility index (Phi) is 5.58. The summed E-state index contributed by atoms with van der Waals surface area (Å²) < 4.78 is 19.4. The highest BCUT2D eigenvalue weighted by Crippen LogP contribution is 2.15. The van der Waals surface area contributed by atoms with Gasteiger partial charge >= 0.3 is 0 Å². The Balaban J connectivity index is 2.34. The summed E-state index contributed by atoms with van der Waals surface area (Å²) in [6, 6.07) is 4.99. The lowest BCUT2D eigenvalue weighted by atomic mass is 10.2. The first kappa shape index (κ1) is 12.4. The van der Waals surface area contributed by atoms with Gasteiger partial charge in [0.05, 0.1) is 6.61 Å². The summed E-state index contributed by atoms with van der Waals surface area (Å²) in [6.07, 6.45) is 3.72. The smallest absolute Gasteiger partial charge is 0.129 e. The molecule has 1 aromatic carbocycles. The molecule has 0 saturated heterocycles. The fourth-order valence-electron chi connectivity index (χ4n) is 1.15. The molecule has 1 rings (SSSR count). The molecule has 0 saturated carbocycles. The number of allylic oxidation sites excluding steroid dienone is 1. The van der Waals surface area contributed by atoms with Crippen molar-refractivity contribution >= 4 is 15.9 Å². The van der Waals surface area contributed by atoms with Gasteiger partial charge in [-0.25, -0.2) is 4.39 Å². The molecule has 82 valence electrons. The Labute approximate surface area is 98.1 Å². The maximum absolute atomic E-state index is 13.3. The largest absolute Gasteiger partial charge is 0.377 e. The van der Waals surface area contributed by atoms with Crippen LogP contribution < -0.4 is 0 Å². The molecule has 0 atom stereocenters. The Morgan fingerprint density at radius 1 is 1.47 bits per heavy atom. The van der Waals surface area contributed by atoms with E-state index in [2.05, 4.69) is 22.5 Å². The number of benzene rings is 1. The zero-order valence-electron chi connectivity index (χ0n) is 8.51. The van der Waals surface area contributed by atoms with Crippen LogP contribution in [0.15, 0.2) is 35.3 Å². The monoisotopic (exact) mass is 272 g/mol. The van der Waals surface area contributed by atoms with Crippen molar-refractivity contribution in [2.24, 2.45) is 0 Å². The molecule has 0 aliphatic rings. The zero-order chi connectivity index (χ0) is 11.1. The molecule has 0 bridgehead atoms. The van der Waals surface area contributed by atoms with Crippen LogP contribution in [0.1, 0.15) is 18.4 Å². The van der Waals surface area contributed by atoms with Crippen LogP contribution in [0.4, 0.5) is 4.39 Å². The third-order valence-electron chi connectivity index (χ3n) is 1.97. The first-order chi connectivity index (χ1) is 7.24. The molecule has 0 aliphatic heterocycles. The van der Waals surface area contributed by atoms with Crippen molar-refractivity contribution in [2.75, 3.05) is 6.61 Å². The molecule has 0 N–H and O–H groups in total. The second-order valence-corrected chi connectivity index (χ2v) is 4.13. The van der Waals surface area contributed by atoms with Crippen LogP contribution in [0.2, 0.25) is 0 Å². The van der Waals surface area contributed by atoms with Gasteiger partial charge in [0.15, 0.2) is 0 Å². The number of hydrogen-bond acceptors (Lipinski definition) is 1. The van der Waals surface area contributed by atoms with Gasteiger partial charge in [-0.15, -0.1) is 6.58 Å². The van der Waals surface area contributed by atoms with E-state index in [0.29, 0.717) is 18.8 Å². The van der Waals surface area contributed by atoms with Crippen LogP contribution in [0, 0.1) is 5.82 Å². The van der Waals surface area contributed by atoms with E-state index in [1.54, 1.807) is 6.07 Å². The first-order valence-corrected chi connectivity index (χ1v) is 5.66. The number of unbranched alkanes of at least 4 members (excludes halogenated alkanes) is 1. The molecular weight excluding hydrogens is 259 g/mol. The summed E-state index contributed by atoms with van der Waals surface area (Å²) in [5, 5.41) is 0. The lowest BCUT2D eigenvalue weighted by molar-refractivity contribution is 0.117. The molecule has 15 heavy (non-hydrogen) atoms. The molecule has 0 aliphatic carbocycles. The standard InChI is InChI=1S/C12H14BrFO/c1-2-3-4-7-15-9-10-5-6-11(13)8-12(10)14/h2,5-6,8H,1,3-4,7,9H2. The van der Waals surface area contributed by atoms with Crippen LogP contribution in [-0.2, 0) is 11.3 Å². The van der Waals surface area contributed by atoms with E-state index < -0.39 is 0 Å². The van der Waals surface area contributed by atoms with Gasteiger partial charge in [0.25, 0.3) is 0 Å². The highest BCUT2D eigenvalue weighted by molar-refractivity contribution is 9.10. The molecule has 0 radical (unpaired) electrons. The summed E-state index contributed by atoms with van der Waals surface area (Å²) >= 11 is 3.21. The molecule has 3 heteroatoms. The summed E-state index contributed by atoms with van der Waals surface area (Å²) in [5.74, 6) is -0.229.